The van der Waals surface area contributed by atoms with Gasteiger partial charge in [-0.1, -0.05) is 6.08 Å². The van der Waals surface area contributed by atoms with Crippen molar-refractivity contribution >= 4 is 29.1 Å². The maximum absolute atomic E-state index is 13.1. The molecular weight excluding hydrogens is 358 g/mol. The average molecular weight is 379 g/mol. The van der Waals surface area contributed by atoms with E-state index in [0.29, 0.717) is 22.8 Å². The van der Waals surface area contributed by atoms with Crippen LogP contribution in [-0.2, 0) is 9.59 Å². The number of hydrogen-bond acceptors (Lipinski definition) is 5. The molecule has 1 aromatic carbocycles. The molecule has 3 heterocycles. The average Bonchev–Trinajstić information content (AvgIpc) is 2.61. The zero-order valence-corrected chi connectivity index (χ0v) is 16.0. The van der Waals surface area contributed by atoms with Crippen molar-refractivity contribution in [3.63, 3.8) is 0 Å². The van der Waals surface area contributed by atoms with Gasteiger partial charge >= 0.3 is 0 Å². The number of ketones is 1. The molecule has 7 nitrogen and oxygen atoms in total. The van der Waals surface area contributed by atoms with E-state index < -0.39 is 11.1 Å². The Balaban J connectivity index is 1.61. The van der Waals surface area contributed by atoms with E-state index in [0.717, 1.165) is 0 Å². The van der Waals surface area contributed by atoms with Crippen molar-refractivity contribution in [3.8, 4) is 5.75 Å². The van der Waals surface area contributed by atoms with Crippen LogP contribution in [0, 0.1) is 0 Å². The second-order valence-corrected chi connectivity index (χ2v) is 8.01. The maximum Gasteiger partial charge on any atom is 0.250 e. The molecule has 0 radical (unpaired) electrons. The van der Waals surface area contributed by atoms with Crippen LogP contribution in [0.2, 0.25) is 0 Å². The van der Waals surface area contributed by atoms with Crippen molar-refractivity contribution in [2.24, 2.45) is 4.99 Å². The Morgan fingerprint density at radius 3 is 2.75 bits per heavy atom. The number of aliphatic imine (C=N–C) groups is 1. The molecule has 0 aliphatic carbocycles. The van der Waals surface area contributed by atoms with E-state index in [2.05, 4.69) is 10.3 Å². The SMILES string of the molecule is CC1(C)CC(=O)c2cc(NC(=O)C3(C)CC(=O)N=C4C=CC=CN43)ccc2O1. The fourth-order valence-electron chi connectivity index (χ4n) is 3.68. The van der Waals surface area contributed by atoms with E-state index in [9.17, 15) is 14.4 Å². The number of amides is 2. The van der Waals surface area contributed by atoms with Crippen LogP contribution in [-0.4, -0.2) is 39.5 Å². The number of carbonyl (C=O) groups excluding carboxylic acids is 3. The summed E-state index contributed by atoms with van der Waals surface area (Å²) in [6, 6.07) is 5.01. The van der Waals surface area contributed by atoms with Crippen LogP contribution in [0.5, 0.6) is 5.75 Å². The number of nitrogens with zero attached hydrogens (tertiary/aromatic N) is 2. The molecule has 28 heavy (non-hydrogen) atoms. The summed E-state index contributed by atoms with van der Waals surface area (Å²) >= 11 is 0. The highest BCUT2D eigenvalue weighted by Gasteiger charge is 2.45. The van der Waals surface area contributed by atoms with Crippen LogP contribution in [0.25, 0.3) is 0 Å². The van der Waals surface area contributed by atoms with Gasteiger partial charge in [0.1, 0.15) is 22.7 Å². The number of benzene rings is 1. The van der Waals surface area contributed by atoms with Crippen molar-refractivity contribution in [3.05, 3.63) is 48.2 Å². The minimum atomic E-state index is -1.12. The minimum Gasteiger partial charge on any atom is -0.487 e. The van der Waals surface area contributed by atoms with Crippen LogP contribution in [0.3, 0.4) is 0 Å². The topological polar surface area (TPSA) is 88.1 Å². The number of carbonyl (C=O) groups is 3. The second-order valence-electron chi connectivity index (χ2n) is 8.01. The lowest BCUT2D eigenvalue weighted by atomic mass is 9.90. The Kier molecular flexibility index (Phi) is 3.99. The largest absolute Gasteiger partial charge is 0.487 e. The Bertz CT molecular complexity index is 989. The number of nitrogens with one attached hydrogen (secondary N) is 1. The van der Waals surface area contributed by atoms with E-state index in [-0.39, 0.29) is 30.4 Å². The zero-order valence-electron chi connectivity index (χ0n) is 16.0. The summed E-state index contributed by atoms with van der Waals surface area (Å²) in [4.78, 5) is 43.3. The highest BCUT2D eigenvalue weighted by molar-refractivity contribution is 6.12. The van der Waals surface area contributed by atoms with Crippen LogP contribution in [0.1, 0.15) is 44.0 Å². The number of allylic oxidation sites excluding steroid dienone is 2. The maximum atomic E-state index is 13.1. The molecule has 1 unspecified atom stereocenters. The number of hydrogen-bond donors (Lipinski definition) is 1. The van der Waals surface area contributed by atoms with E-state index >= 15 is 0 Å². The molecule has 2 amide bonds. The first-order valence-corrected chi connectivity index (χ1v) is 9.11. The molecule has 0 saturated carbocycles. The Labute approximate surface area is 162 Å². The lowest BCUT2D eigenvalue weighted by molar-refractivity contribution is -0.130. The van der Waals surface area contributed by atoms with Crippen LogP contribution in [0.15, 0.2) is 47.6 Å². The normalized spacial score (nSPS) is 24.8. The quantitative estimate of drug-likeness (QED) is 0.854. The van der Waals surface area contributed by atoms with Gasteiger partial charge < -0.3 is 15.0 Å². The van der Waals surface area contributed by atoms with Crippen molar-refractivity contribution in [2.45, 2.75) is 44.8 Å². The van der Waals surface area contributed by atoms with E-state index in [1.165, 1.54) is 0 Å². The molecule has 144 valence electrons. The van der Waals surface area contributed by atoms with Gasteiger partial charge in [0.15, 0.2) is 5.78 Å². The number of ether oxygens (including phenoxy) is 1. The zero-order chi connectivity index (χ0) is 20.1. The van der Waals surface area contributed by atoms with Gasteiger partial charge in [-0.3, -0.25) is 14.4 Å². The molecule has 1 N–H and O–H groups in total. The Morgan fingerprint density at radius 1 is 1.18 bits per heavy atom. The molecule has 3 aliphatic rings. The summed E-state index contributed by atoms with van der Waals surface area (Å²) in [5.41, 5.74) is -0.734. The van der Waals surface area contributed by atoms with Gasteiger partial charge in [-0.25, -0.2) is 0 Å². The smallest absolute Gasteiger partial charge is 0.250 e. The van der Waals surface area contributed by atoms with Crippen LogP contribution < -0.4 is 10.1 Å². The summed E-state index contributed by atoms with van der Waals surface area (Å²) in [5, 5.41) is 2.84. The van der Waals surface area contributed by atoms with Gasteiger partial charge in [0.05, 0.1) is 18.4 Å². The van der Waals surface area contributed by atoms with Crippen LogP contribution >= 0.6 is 0 Å². The number of rotatable bonds is 2. The molecule has 0 bridgehead atoms. The fraction of sp³-hybridized carbons (Fsp3) is 0.333. The summed E-state index contributed by atoms with van der Waals surface area (Å²) < 4.78 is 5.85. The second kappa shape index (κ2) is 6.15. The molecule has 4 rings (SSSR count). The van der Waals surface area contributed by atoms with Gasteiger partial charge in [-0.15, -0.1) is 0 Å². The van der Waals surface area contributed by atoms with Crippen molar-refractivity contribution in [1.29, 1.82) is 0 Å². The third-order valence-electron chi connectivity index (χ3n) is 5.10. The third kappa shape index (κ3) is 3.02. The Morgan fingerprint density at radius 2 is 1.96 bits per heavy atom. The van der Waals surface area contributed by atoms with Crippen molar-refractivity contribution in [1.82, 2.24) is 4.90 Å². The summed E-state index contributed by atoms with van der Waals surface area (Å²) in [6.45, 7) is 5.43. The molecule has 0 aromatic heterocycles. The van der Waals surface area contributed by atoms with Crippen molar-refractivity contribution < 1.29 is 19.1 Å². The third-order valence-corrected chi connectivity index (χ3v) is 5.10. The number of anilines is 1. The first kappa shape index (κ1) is 18.2. The molecule has 0 saturated heterocycles. The standard InChI is InChI=1S/C21H21N3O4/c1-20(2)11-15(25)14-10-13(7-8-16(14)28-20)22-19(27)21(3)12-18(26)23-17-6-4-5-9-24(17)21/h4-10H,11-12H2,1-3H3,(H,22,27). The van der Waals surface area contributed by atoms with E-state index in [1.807, 2.05) is 13.8 Å². The predicted octanol–water partition coefficient (Wildman–Crippen LogP) is 2.84. The van der Waals surface area contributed by atoms with Crippen LogP contribution in [0.4, 0.5) is 5.69 Å². The predicted molar refractivity (Wildman–Crippen MR) is 104 cm³/mol. The summed E-state index contributed by atoms with van der Waals surface area (Å²) in [7, 11) is 0. The highest BCUT2D eigenvalue weighted by Crippen LogP contribution is 2.35. The highest BCUT2D eigenvalue weighted by atomic mass is 16.5. The first-order valence-electron chi connectivity index (χ1n) is 9.11. The molecular formula is C21H21N3O4. The molecule has 1 atom stereocenters. The summed E-state index contributed by atoms with van der Waals surface area (Å²) in [5.74, 6) is 0.224. The van der Waals surface area contributed by atoms with E-state index in [1.54, 1.807) is 54.5 Å². The lowest BCUT2D eigenvalue weighted by Crippen LogP contribution is -2.58. The Hall–Kier alpha value is -3.22. The van der Waals surface area contributed by atoms with Gasteiger partial charge in [-0.05, 0) is 51.1 Å². The van der Waals surface area contributed by atoms with E-state index in [4.69, 9.17) is 4.74 Å². The number of Topliss-reactive ketones (excluding diaryl/α,β-unsaturated/α-hetero) is 1. The first-order chi connectivity index (χ1) is 13.2. The van der Waals surface area contributed by atoms with Gasteiger partial charge in [0.25, 0.3) is 11.8 Å². The fourth-order valence-corrected chi connectivity index (χ4v) is 3.68. The summed E-state index contributed by atoms with van der Waals surface area (Å²) in [6.07, 6.45) is 7.21. The number of fused-ring (bicyclic) bond motifs is 2. The molecule has 0 spiro atoms. The van der Waals surface area contributed by atoms with Gasteiger partial charge in [-0.2, -0.15) is 4.99 Å². The minimum absolute atomic E-state index is 0.0278. The molecule has 7 heteroatoms. The molecule has 0 fully saturated rings. The molecule has 1 aromatic rings. The van der Waals surface area contributed by atoms with Gasteiger partial charge in [0.2, 0.25) is 0 Å². The lowest BCUT2D eigenvalue weighted by Gasteiger charge is -2.41. The monoisotopic (exact) mass is 379 g/mol. The van der Waals surface area contributed by atoms with Crippen molar-refractivity contribution in [2.75, 3.05) is 5.32 Å². The number of amidine groups is 1. The molecule has 3 aliphatic heterocycles. The van der Waals surface area contributed by atoms with Gasteiger partial charge in [0, 0.05) is 11.9 Å².